The topological polar surface area (TPSA) is 43.8 Å². The van der Waals surface area contributed by atoms with E-state index in [1.807, 2.05) is 42.2 Å². The van der Waals surface area contributed by atoms with Crippen molar-refractivity contribution in [3.05, 3.63) is 53.9 Å². The Morgan fingerprint density at radius 2 is 2.06 bits per heavy atom. The van der Waals surface area contributed by atoms with E-state index in [9.17, 15) is 0 Å². The van der Waals surface area contributed by atoms with Gasteiger partial charge >= 0.3 is 0 Å². The van der Waals surface area contributed by atoms with Gasteiger partial charge in [0, 0.05) is 25.2 Å². The van der Waals surface area contributed by atoms with Gasteiger partial charge in [-0.15, -0.1) is 0 Å². The highest BCUT2D eigenvalue weighted by Gasteiger charge is 2.10. The molecule has 1 unspecified atom stereocenters. The Kier molecular flexibility index (Phi) is 3.37. The molecule has 0 bridgehead atoms. The Morgan fingerprint density at radius 3 is 2.62 bits per heavy atom. The van der Waals surface area contributed by atoms with Crippen molar-refractivity contribution in [3.8, 4) is 0 Å². The van der Waals surface area contributed by atoms with Crippen LogP contribution < -0.4 is 5.73 Å². The van der Waals surface area contributed by atoms with Crippen molar-refractivity contribution in [1.29, 1.82) is 0 Å². The number of nitrogens with zero attached hydrogens (tertiary/aromatic N) is 2. The minimum absolute atomic E-state index is 0.334. The van der Waals surface area contributed by atoms with Crippen LogP contribution >= 0.6 is 0 Å². The van der Waals surface area contributed by atoms with Crippen LogP contribution in [0.25, 0.3) is 0 Å². The van der Waals surface area contributed by atoms with E-state index < -0.39 is 0 Å². The van der Waals surface area contributed by atoms with Crippen molar-refractivity contribution in [2.24, 2.45) is 5.73 Å². The van der Waals surface area contributed by atoms with E-state index in [4.69, 9.17) is 5.73 Å². The molecule has 0 saturated heterocycles. The first kappa shape index (κ1) is 10.9. The molecule has 0 aliphatic carbocycles. The molecule has 0 saturated carbocycles. The van der Waals surface area contributed by atoms with Crippen LogP contribution in [0.5, 0.6) is 0 Å². The first-order valence-electron chi connectivity index (χ1n) is 5.53. The molecular weight excluding hydrogens is 198 g/mol. The molecule has 0 fully saturated rings. The first-order valence-corrected chi connectivity index (χ1v) is 5.53. The molecule has 0 aliphatic heterocycles. The average molecular weight is 215 g/mol. The lowest BCUT2D eigenvalue weighted by Gasteiger charge is -2.15. The van der Waals surface area contributed by atoms with Crippen LogP contribution in [0.1, 0.15) is 17.0 Å². The monoisotopic (exact) mass is 215 g/mol. The Bertz CT molecular complexity index is 433. The van der Waals surface area contributed by atoms with Crippen molar-refractivity contribution >= 4 is 0 Å². The van der Waals surface area contributed by atoms with E-state index in [1.54, 1.807) is 0 Å². The largest absolute Gasteiger partial charge is 0.330 e. The maximum Gasteiger partial charge on any atom is 0.0518 e. The Hall–Kier alpha value is -1.61. The molecule has 3 heteroatoms. The molecule has 0 radical (unpaired) electrons. The maximum atomic E-state index is 5.82. The Morgan fingerprint density at radius 1 is 1.31 bits per heavy atom. The lowest BCUT2D eigenvalue weighted by atomic mass is 9.99. The van der Waals surface area contributed by atoms with Crippen molar-refractivity contribution in [1.82, 2.24) is 9.78 Å². The minimum atomic E-state index is 0.334. The molecule has 3 nitrogen and oxygen atoms in total. The molecule has 1 atom stereocenters. The zero-order valence-corrected chi connectivity index (χ0v) is 9.50. The molecule has 84 valence electrons. The summed E-state index contributed by atoms with van der Waals surface area (Å²) in [4.78, 5) is 0. The zero-order valence-electron chi connectivity index (χ0n) is 9.50. The van der Waals surface area contributed by atoms with Gasteiger partial charge in [-0.2, -0.15) is 5.10 Å². The van der Waals surface area contributed by atoms with E-state index >= 15 is 0 Å². The SMILES string of the molecule is Cc1cnn(CC(CN)c2ccccc2)c1. The first-order chi connectivity index (χ1) is 7.79. The predicted molar refractivity (Wildman–Crippen MR) is 65.2 cm³/mol. The lowest BCUT2D eigenvalue weighted by Crippen LogP contribution is -2.18. The van der Waals surface area contributed by atoms with E-state index in [2.05, 4.69) is 17.2 Å². The second kappa shape index (κ2) is 4.94. The Balaban J connectivity index is 2.12. The summed E-state index contributed by atoms with van der Waals surface area (Å²) in [6.45, 7) is 3.53. The molecule has 16 heavy (non-hydrogen) atoms. The van der Waals surface area contributed by atoms with Gasteiger partial charge < -0.3 is 5.73 Å². The summed E-state index contributed by atoms with van der Waals surface area (Å²) < 4.78 is 1.96. The van der Waals surface area contributed by atoms with Crippen LogP contribution in [0.15, 0.2) is 42.7 Å². The lowest BCUT2D eigenvalue weighted by molar-refractivity contribution is 0.521. The summed E-state index contributed by atoms with van der Waals surface area (Å²) in [5.74, 6) is 0.334. The van der Waals surface area contributed by atoms with Crippen molar-refractivity contribution in [3.63, 3.8) is 0 Å². The van der Waals surface area contributed by atoms with Crippen LogP contribution in [-0.2, 0) is 6.54 Å². The van der Waals surface area contributed by atoms with Crippen LogP contribution in [0.3, 0.4) is 0 Å². The highest BCUT2D eigenvalue weighted by Crippen LogP contribution is 2.16. The quantitative estimate of drug-likeness (QED) is 0.847. The fraction of sp³-hybridized carbons (Fsp3) is 0.308. The van der Waals surface area contributed by atoms with Gasteiger partial charge in [0.25, 0.3) is 0 Å². The van der Waals surface area contributed by atoms with Crippen LogP contribution in [-0.4, -0.2) is 16.3 Å². The second-order valence-electron chi connectivity index (χ2n) is 4.08. The number of rotatable bonds is 4. The third-order valence-electron chi connectivity index (χ3n) is 2.73. The molecule has 0 spiro atoms. The summed E-state index contributed by atoms with van der Waals surface area (Å²) in [5.41, 5.74) is 8.28. The molecule has 1 aromatic heterocycles. The third-order valence-corrected chi connectivity index (χ3v) is 2.73. The van der Waals surface area contributed by atoms with E-state index in [1.165, 1.54) is 11.1 Å². The average Bonchev–Trinajstić information content (AvgIpc) is 2.73. The van der Waals surface area contributed by atoms with Gasteiger partial charge in [-0.25, -0.2) is 0 Å². The second-order valence-corrected chi connectivity index (χ2v) is 4.08. The molecule has 0 amide bonds. The van der Waals surface area contributed by atoms with Gasteiger partial charge in [0.2, 0.25) is 0 Å². The van der Waals surface area contributed by atoms with Crippen LogP contribution in [0, 0.1) is 6.92 Å². The van der Waals surface area contributed by atoms with E-state index in [0.717, 1.165) is 6.54 Å². The number of hydrogen-bond donors (Lipinski definition) is 1. The zero-order chi connectivity index (χ0) is 11.4. The molecule has 1 heterocycles. The van der Waals surface area contributed by atoms with Crippen molar-refractivity contribution in [2.75, 3.05) is 6.54 Å². The summed E-state index contributed by atoms with van der Waals surface area (Å²) in [6.07, 6.45) is 3.92. The molecular formula is C13H17N3. The highest BCUT2D eigenvalue weighted by atomic mass is 15.3. The van der Waals surface area contributed by atoms with Gasteiger partial charge in [-0.1, -0.05) is 30.3 Å². The molecule has 2 aromatic rings. The van der Waals surface area contributed by atoms with Gasteiger partial charge in [-0.05, 0) is 18.1 Å². The van der Waals surface area contributed by atoms with Gasteiger partial charge in [0.1, 0.15) is 0 Å². The van der Waals surface area contributed by atoms with E-state index in [-0.39, 0.29) is 0 Å². The smallest absolute Gasteiger partial charge is 0.0518 e. The summed E-state index contributed by atoms with van der Waals surface area (Å²) in [6, 6.07) is 10.4. The fourth-order valence-corrected chi connectivity index (χ4v) is 1.83. The van der Waals surface area contributed by atoms with Crippen LogP contribution in [0.2, 0.25) is 0 Å². The summed E-state index contributed by atoms with van der Waals surface area (Å²) >= 11 is 0. The third kappa shape index (κ3) is 2.49. The number of benzene rings is 1. The Labute approximate surface area is 95.9 Å². The van der Waals surface area contributed by atoms with Crippen molar-refractivity contribution < 1.29 is 0 Å². The standard InChI is InChI=1S/C13H17N3/c1-11-8-15-16(9-11)10-13(7-14)12-5-3-2-4-6-12/h2-6,8-9,13H,7,10,14H2,1H3. The minimum Gasteiger partial charge on any atom is -0.330 e. The number of nitrogens with two attached hydrogens (primary N) is 1. The van der Waals surface area contributed by atoms with E-state index in [0.29, 0.717) is 12.5 Å². The van der Waals surface area contributed by atoms with Gasteiger partial charge in [0.05, 0.1) is 6.20 Å². The fourth-order valence-electron chi connectivity index (χ4n) is 1.83. The molecule has 2 rings (SSSR count). The normalized spacial score (nSPS) is 12.6. The molecule has 0 aliphatic rings. The number of hydrogen-bond acceptors (Lipinski definition) is 2. The summed E-state index contributed by atoms with van der Waals surface area (Å²) in [5, 5.41) is 4.29. The van der Waals surface area contributed by atoms with Crippen molar-refractivity contribution in [2.45, 2.75) is 19.4 Å². The molecule has 1 aromatic carbocycles. The maximum absolute atomic E-state index is 5.82. The predicted octanol–water partition coefficient (Wildman–Crippen LogP) is 1.93. The van der Waals surface area contributed by atoms with Gasteiger partial charge in [0.15, 0.2) is 0 Å². The highest BCUT2D eigenvalue weighted by molar-refractivity contribution is 5.19. The van der Waals surface area contributed by atoms with Crippen LogP contribution in [0.4, 0.5) is 0 Å². The molecule has 2 N–H and O–H groups in total. The number of aryl methyl sites for hydroxylation is 1. The summed E-state index contributed by atoms with van der Waals surface area (Å²) in [7, 11) is 0. The van der Waals surface area contributed by atoms with Gasteiger partial charge in [-0.3, -0.25) is 4.68 Å². The number of aromatic nitrogens is 2.